The summed E-state index contributed by atoms with van der Waals surface area (Å²) in [5.74, 6) is -0.0699. The van der Waals surface area contributed by atoms with Gasteiger partial charge in [0.15, 0.2) is 5.96 Å². The zero-order valence-electron chi connectivity index (χ0n) is 14.0. The van der Waals surface area contributed by atoms with Gasteiger partial charge in [-0.15, -0.1) is 5.10 Å². The Morgan fingerprint density at radius 3 is 2.62 bits per heavy atom. The number of hydrogen-bond acceptors (Lipinski definition) is 8. The molecule has 4 atom stereocenters. The Morgan fingerprint density at radius 2 is 2.00 bits per heavy atom. The van der Waals surface area contributed by atoms with E-state index >= 15 is 0 Å². The molecule has 8 N–H and O–H groups in total. The Labute approximate surface area is 149 Å². The lowest BCUT2D eigenvalue weighted by Gasteiger charge is -2.16. The maximum atomic E-state index is 10.2. The number of aliphatic hydroxyl groups excluding tert-OH is 3. The summed E-state index contributed by atoms with van der Waals surface area (Å²) >= 11 is 0. The minimum absolute atomic E-state index is 0.0699. The molecule has 3 rings (SSSR count). The predicted octanol–water partition coefficient (Wildman–Crippen LogP) is -2.83. The first kappa shape index (κ1) is 18.2. The van der Waals surface area contributed by atoms with Gasteiger partial charge in [0.25, 0.3) is 0 Å². The van der Waals surface area contributed by atoms with Crippen LogP contribution in [-0.4, -0.2) is 72.2 Å². The monoisotopic (exact) mass is 362 g/mol. The molecular weight excluding hydrogens is 340 g/mol. The van der Waals surface area contributed by atoms with Crippen LogP contribution < -0.4 is 16.8 Å². The summed E-state index contributed by atoms with van der Waals surface area (Å²) in [5.41, 5.74) is 12.6. The minimum atomic E-state index is -1.06. The average molecular weight is 362 g/mol. The van der Waals surface area contributed by atoms with Crippen LogP contribution in [0.4, 0.5) is 0 Å². The van der Waals surface area contributed by atoms with E-state index in [0.29, 0.717) is 17.1 Å². The van der Waals surface area contributed by atoms with E-state index in [4.69, 9.17) is 11.5 Å². The van der Waals surface area contributed by atoms with Crippen LogP contribution in [-0.2, 0) is 13.1 Å². The third kappa shape index (κ3) is 3.65. The number of aromatic nitrogens is 4. The number of nitrogens with two attached hydrogens (primary N) is 2. The number of hydrogen-bond donors (Lipinski definition) is 6. The van der Waals surface area contributed by atoms with Crippen LogP contribution in [0.25, 0.3) is 11.4 Å². The Bertz CT molecular complexity index is 762. The second-order valence-electron chi connectivity index (χ2n) is 6.07. The molecule has 1 aliphatic heterocycles. The molecule has 11 nitrogen and oxygen atoms in total. The molecule has 0 amide bonds. The first-order valence-corrected chi connectivity index (χ1v) is 8.13. The highest BCUT2D eigenvalue weighted by Gasteiger charge is 2.41. The molecule has 26 heavy (non-hydrogen) atoms. The van der Waals surface area contributed by atoms with Gasteiger partial charge in [-0.05, 0) is 12.1 Å². The Balaban J connectivity index is 1.89. The lowest BCUT2D eigenvalue weighted by Crippen LogP contribution is -2.38. The van der Waals surface area contributed by atoms with Crippen molar-refractivity contribution in [2.45, 2.75) is 37.4 Å². The predicted molar refractivity (Wildman–Crippen MR) is 92.6 cm³/mol. The van der Waals surface area contributed by atoms with Gasteiger partial charge in [-0.25, -0.2) is 9.67 Å². The zero-order chi connectivity index (χ0) is 18.7. The summed E-state index contributed by atoms with van der Waals surface area (Å²) in [6.07, 6.45) is -0.473. The standard InChI is InChI=1S/C15H22N8O3/c16-15(17)19-5-11-12(8-3-1-2-4-18-8)21-22-23(11)6-9-13(25)14(26)10(7-24)20-9/h1-4,9-10,13-14,20,24-26H,5-7H2,(H4,16,17,19)/t9-,10-,13-,14-/m1/s1. The van der Waals surface area contributed by atoms with Crippen molar-refractivity contribution >= 4 is 5.96 Å². The molecule has 0 spiro atoms. The lowest BCUT2D eigenvalue weighted by molar-refractivity contribution is 0.0174. The fraction of sp³-hybridized carbons (Fsp3) is 0.467. The average Bonchev–Trinajstić information content (AvgIpc) is 3.16. The molecule has 0 saturated carbocycles. The maximum Gasteiger partial charge on any atom is 0.186 e. The van der Waals surface area contributed by atoms with Crippen LogP contribution in [0.15, 0.2) is 29.4 Å². The smallest absolute Gasteiger partial charge is 0.186 e. The number of guanidine groups is 1. The van der Waals surface area contributed by atoms with E-state index in [1.807, 2.05) is 6.07 Å². The van der Waals surface area contributed by atoms with Gasteiger partial charge in [-0.2, -0.15) is 0 Å². The highest BCUT2D eigenvalue weighted by atomic mass is 16.3. The quantitative estimate of drug-likeness (QED) is 0.233. The van der Waals surface area contributed by atoms with Crippen molar-refractivity contribution < 1.29 is 15.3 Å². The van der Waals surface area contributed by atoms with Gasteiger partial charge < -0.3 is 32.1 Å². The van der Waals surface area contributed by atoms with Gasteiger partial charge in [0.1, 0.15) is 5.69 Å². The molecule has 3 heterocycles. The summed E-state index contributed by atoms with van der Waals surface area (Å²) in [6, 6.07) is 4.30. The zero-order valence-corrected chi connectivity index (χ0v) is 14.0. The molecule has 0 unspecified atom stereocenters. The Morgan fingerprint density at radius 1 is 1.23 bits per heavy atom. The first-order chi connectivity index (χ1) is 12.5. The van der Waals surface area contributed by atoms with Crippen LogP contribution in [0.1, 0.15) is 5.69 Å². The van der Waals surface area contributed by atoms with Crippen molar-refractivity contribution in [1.29, 1.82) is 0 Å². The highest BCUT2D eigenvalue weighted by molar-refractivity contribution is 5.75. The largest absolute Gasteiger partial charge is 0.395 e. The van der Waals surface area contributed by atoms with Gasteiger partial charge in [-0.3, -0.25) is 4.98 Å². The van der Waals surface area contributed by atoms with Crippen molar-refractivity contribution in [1.82, 2.24) is 25.3 Å². The molecule has 0 aromatic carbocycles. The van der Waals surface area contributed by atoms with Crippen molar-refractivity contribution in [2.24, 2.45) is 16.5 Å². The number of nitrogens with one attached hydrogen (secondary N) is 1. The summed E-state index contributed by atoms with van der Waals surface area (Å²) in [4.78, 5) is 8.29. The molecule has 2 aromatic heterocycles. The fourth-order valence-electron chi connectivity index (χ4n) is 2.96. The molecule has 11 heteroatoms. The van der Waals surface area contributed by atoms with Gasteiger partial charge in [0.2, 0.25) is 0 Å². The second kappa shape index (κ2) is 7.74. The van der Waals surface area contributed by atoms with E-state index < -0.39 is 24.3 Å². The molecule has 0 aliphatic carbocycles. The third-order valence-corrected chi connectivity index (χ3v) is 4.33. The van der Waals surface area contributed by atoms with Gasteiger partial charge in [0.05, 0.1) is 55.4 Å². The lowest BCUT2D eigenvalue weighted by atomic mass is 10.1. The molecule has 1 saturated heterocycles. The molecule has 0 radical (unpaired) electrons. The van der Waals surface area contributed by atoms with E-state index in [2.05, 4.69) is 25.6 Å². The molecule has 1 aliphatic rings. The van der Waals surface area contributed by atoms with Crippen LogP contribution in [0.3, 0.4) is 0 Å². The van der Waals surface area contributed by atoms with Gasteiger partial charge >= 0.3 is 0 Å². The summed E-state index contributed by atoms with van der Waals surface area (Å²) < 4.78 is 1.56. The first-order valence-electron chi connectivity index (χ1n) is 8.13. The fourth-order valence-corrected chi connectivity index (χ4v) is 2.96. The van der Waals surface area contributed by atoms with E-state index in [9.17, 15) is 15.3 Å². The number of rotatable bonds is 6. The van der Waals surface area contributed by atoms with E-state index in [1.54, 1.807) is 23.0 Å². The van der Waals surface area contributed by atoms with Crippen molar-refractivity contribution in [3.05, 3.63) is 30.1 Å². The number of nitrogens with zero attached hydrogens (tertiary/aromatic N) is 5. The van der Waals surface area contributed by atoms with E-state index in [1.165, 1.54) is 0 Å². The SMILES string of the molecule is NC(N)=NCc1c(-c2ccccn2)nnn1C[C@H]1N[C@H](CO)[C@@H](O)[C@@H]1O. The topological polar surface area (TPSA) is 181 Å². The summed E-state index contributed by atoms with van der Waals surface area (Å²) in [6.45, 7) is 0.0616. The normalized spacial score (nSPS) is 25.3. The van der Waals surface area contributed by atoms with Gasteiger partial charge in [0, 0.05) is 6.20 Å². The second-order valence-corrected chi connectivity index (χ2v) is 6.07. The molecule has 1 fully saturated rings. The number of aliphatic imine (C=N–C) groups is 1. The summed E-state index contributed by atoms with van der Waals surface area (Å²) in [5, 5.41) is 40.7. The molecular formula is C15H22N8O3. The molecule has 140 valence electrons. The maximum absolute atomic E-state index is 10.2. The van der Waals surface area contributed by atoms with Gasteiger partial charge in [-0.1, -0.05) is 11.3 Å². The van der Waals surface area contributed by atoms with E-state index in [-0.39, 0.29) is 25.7 Å². The van der Waals surface area contributed by atoms with Crippen LogP contribution in [0.2, 0.25) is 0 Å². The highest BCUT2D eigenvalue weighted by Crippen LogP contribution is 2.22. The number of aliphatic hydroxyl groups is 3. The Kier molecular flexibility index (Phi) is 5.42. The third-order valence-electron chi connectivity index (χ3n) is 4.33. The minimum Gasteiger partial charge on any atom is -0.395 e. The van der Waals surface area contributed by atoms with Crippen molar-refractivity contribution in [3.63, 3.8) is 0 Å². The Hall–Kier alpha value is -2.60. The van der Waals surface area contributed by atoms with Crippen LogP contribution >= 0.6 is 0 Å². The van der Waals surface area contributed by atoms with Crippen molar-refractivity contribution in [3.8, 4) is 11.4 Å². The van der Waals surface area contributed by atoms with Crippen LogP contribution in [0, 0.1) is 0 Å². The summed E-state index contributed by atoms with van der Waals surface area (Å²) in [7, 11) is 0. The molecule has 0 bridgehead atoms. The number of pyridine rings is 1. The van der Waals surface area contributed by atoms with Crippen LogP contribution in [0.5, 0.6) is 0 Å². The molecule has 2 aromatic rings. The van der Waals surface area contributed by atoms with E-state index in [0.717, 1.165) is 0 Å². The van der Waals surface area contributed by atoms with Crippen molar-refractivity contribution in [2.75, 3.05) is 6.61 Å².